The summed E-state index contributed by atoms with van der Waals surface area (Å²) in [5, 5.41) is 0. The maximum absolute atomic E-state index is 11.9. The van der Waals surface area contributed by atoms with Crippen LogP contribution in [0.5, 0.6) is 11.5 Å². The van der Waals surface area contributed by atoms with Gasteiger partial charge in [-0.15, -0.1) is 0 Å². The molecule has 2 unspecified atom stereocenters. The van der Waals surface area contributed by atoms with Crippen molar-refractivity contribution in [2.45, 2.75) is 27.7 Å². The van der Waals surface area contributed by atoms with Gasteiger partial charge in [0.2, 0.25) is 0 Å². The number of nitrogens with zero attached hydrogens (tertiary/aromatic N) is 2. The fourth-order valence-corrected chi connectivity index (χ4v) is 3.94. The van der Waals surface area contributed by atoms with Gasteiger partial charge in [-0.3, -0.25) is 29.2 Å². The molecule has 1 radical (unpaired) electrons. The molecule has 0 bridgehead atoms. The molecule has 2 aromatic rings. The summed E-state index contributed by atoms with van der Waals surface area (Å²) < 4.78 is 20.1. The van der Waals surface area contributed by atoms with E-state index in [1.54, 1.807) is 90.4 Å². The molecule has 0 saturated carbocycles. The van der Waals surface area contributed by atoms with E-state index in [4.69, 9.17) is 18.9 Å². The van der Waals surface area contributed by atoms with E-state index in [-0.39, 0.29) is 53.4 Å². The molecule has 0 fully saturated rings. The third kappa shape index (κ3) is 10.8. The summed E-state index contributed by atoms with van der Waals surface area (Å²) in [6.07, 6.45) is 2.63. The van der Waals surface area contributed by atoms with Crippen LogP contribution < -0.4 is 34.3 Å². The molecule has 0 amide bonds. The monoisotopic (exact) mass is 679 g/mol. The van der Waals surface area contributed by atoms with E-state index in [1.165, 1.54) is 12.2 Å². The first-order valence-corrected chi connectivity index (χ1v) is 12.3. The van der Waals surface area contributed by atoms with Crippen LogP contribution in [-0.4, -0.2) is 49.1 Å². The molecule has 2 atom stereocenters. The Labute approximate surface area is 272 Å². The van der Waals surface area contributed by atoms with E-state index >= 15 is 0 Å². The molecule has 2 heterocycles. The van der Waals surface area contributed by atoms with Gasteiger partial charge in [-0.1, -0.05) is 12.1 Å². The van der Waals surface area contributed by atoms with Crippen LogP contribution in [0.3, 0.4) is 0 Å². The molecule has 0 aromatic heterocycles. The second-order valence-electron chi connectivity index (χ2n) is 8.93. The number of carbonyl (C=O) groups excluding carboxylic acids is 4. The zero-order chi connectivity index (χ0) is 29.4. The number of hydrogen-bond donors (Lipinski definition) is 0. The maximum Gasteiger partial charge on any atom is 2.00 e. The minimum Gasteiger partial charge on any atom is -1.00 e. The van der Waals surface area contributed by atoms with Gasteiger partial charge < -0.3 is 43.8 Å². The van der Waals surface area contributed by atoms with E-state index in [9.17, 15) is 19.2 Å². The number of hydrogen-bond acceptors (Lipinski definition) is 10. The Balaban J connectivity index is 0.000000767. The van der Waals surface area contributed by atoms with E-state index in [1.807, 2.05) is 0 Å². The largest absolute Gasteiger partial charge is 2.00 e. The topological polar surface area (TPSA) is 130 Å². The average molecular weight is 681 g/mol. The van der Waals surface area contributed by atoms with Crippen molar-refractivity contribution in [3.8, 4) is 11.5 Å². The molecule has 13 heteroatoms. The first kappa shape index (κ1) is 39.2. The van der Waals surface area contributed by atoms with Gasteiger partial charge in [0.1, 0.15) is 23.0 Å². The van der Waals surface area contributed by atoms with Crippen molar-refractivity contribution in [3.63, 3.8) is 0 Å². The average Bonchev–Trinajstić information content (AvgIpc) is 2.88. The molecular weight excluding hydrogens is 651 g/mol. The van der Waals surface area contributed by atoms with Crippen molar-refractivity contribution >= 4 is 46.3 Å². The second-order valence-corrected chi connectivity index (χ2v) is 8.93. The third-order valence-corrected chi connectivity index (χ3v) is 5.81. The van der Waals surface area contributed by atoms with Gasteiger partial charge in [0.15, 0.2) is 23.4 Å². The van der Waals surface area contributed by atoms with E-state index < -0.39 is 23.8 Å². The predicted molar refractivity (Wildman–Crippen MR) is 148 cm³/mol. The van der Waals surface area contributed by atoms with Crippen LogP contribution in [0.1, 0.15) is 27.7 Å². The molecule has 0 spiro atoms. The summed E-state index contributed by atoms with van der Waals surface area (Å²) in [7, 11) is 3.12. The van der Waals surface area contributed by atoms with Crippen LogP contribution in [0.4, 0.5) is 11.4 Å². The van der Waals surface area contributed by atoms with Crippen molar-refractivity contribution in [2.75, 3.05) is 14.2 Å². The molecule has 43 heavy (non-hydrogen) atoms. The number of esters is 2. The Morgan fingerprint density at radius 1 is 0.674 bits per heavy atom. The molecular formula is C30H30Cl2CuN2O8. The van der Waals surface area contributed by atoms with Gasteiger partial charge in [0.05, 0.1) is 25.6 Å². The van der Waals surface area contributed by atoms with Gasteiger partial charge in [-0.05, 0) is 52.0 Å². The van der Waals surface area contributed by atoms with Crippen molar-refractivity contribution in [1.29, 1.82) is 0 Å². The molecule has 0 saturated heterocycles. The first-order valence-electron chi connectivity index (χ1n) is 12.3. The van der Waals surface area contributed by atoms with Gasteiger partial charge in [-0.25, -0.2) is 0 Å². The van der Waals surface area contributed by atoms with E-state index in [0.717, 1.165) is 0 Å². The molecule has 233 valence electrons. The number of methoxy groups -OCH3 is 2. The van der Waals surface area contributed by atoms with Crippen molar-refractivity contribution in [3.05, 3.63) is 72.2 Å². The van der Waals surface area contributed by atoms with Crippen LogP contribution in [0.2, 0.25) is 0 Å². The van der Waals surface area contributed by atoms with Crippen LogP contribution in [0.25, 0.3) is 0 Å². The minimum atomic E-state index is -0.968. The summed E-state index contributed by atoms with van der Waals surface area (Å²) in [6.45, 7) is 6.41. The zero-order valence-electron chi connectivity index (χ0n) is 24.1. The summed E-state index contributed by atoms with van der Waals surface area (Å²) in [6, 6.07) is 14.1. The quantitative estimate of drug-likeness (QED) is 0.162. The SMILES string of the molecule is COc1cccc(N=C(C)C2C(=O)C=C(C)OC2=O)c1.COc1cccc(N=C(C)C2C(=O)C=C(C)OC2=O)c1.[Cl-].[Cl-].[Cu+2]. The molecule has 4 rings (SSSR count). The van der Waals surface area contributed by atoms with Crippen molar-refractivity contribution < 1.29 is 80.0 Å². The third-order valence-electron chi connectivity index (χ3n) is 5.81. The number of halogens is 2. The number of ketones is 2. The van der Waals surface area contributed by atoms with Gasteiger partial charge in [0.25, 0.3) is 0 Å². The minimum absolute atomic E-state index is 0. The summed E-state index contributed by atoms with van der Waals surface area (Å²) in [4.78, 5) is 55.9. The molecule has 0 N–H and O–H groups in total. The van der Waals surface area contributed by atoms with E-state index in [2.05, 4.69) is 9.98 Å². The van der Waals surface area contributed by atoms with Crippen LogP contribution in [-0.2, 0) is 45.7 Å². The molecule has 10 nitrogen and oxygen atoms in total. The van der Waals surface area contributed by atoms with Gasteiger partial charge >= 0.3 is 29.0 Å². The van der Waals surface area contributed by atoms with Gasteiger partial charge in [0, 0.05) is 35.7 Å². The van der Waals surface area contributed by atoms with Crippen LogP contribution in [0, 0.1) is 11.8 Å². The van der Waals surface area contributed by atoms with Crippen LogP contribution in [0.15, 0.2) is 82.2 Å². The Kier molecular flexibility index (Phi) is 16.4. The summed E-state index contributed by atoms with van der Waals surface area (Å²) in [5.74, 6) is -1.77. The Morgan fingerprint density at radius 3 is 1.33 bits per heavy atom. The Hall–Kier alpha value is -3.76. The predicted octanol–water partition coefficient (Wildman–Crippen LogP) is -1.13. The first-order chi connectivity index (χ1) is 19.0. The number of aliphatic imine (C=N–C) groups is 2. The van der Waals surface area contributed by atoms with E-state index in [0.29, 0.717) is 45.8 Å². The van der Waals surface area contributed by atoms with Crippen LogP contribution >= 0.6 is 0 Å². The van der Waals surface area contributed by atoms with Gasteiger partial charge in [-0.2, -0.15) is 0 Å². The second kappa shape index (κ2) is 18.0. The Bertz CT molecular complexity index is 1360. The maximum atomic E-state index is 11.9. The number of allylic oxidation sites excluding steroid dienone is 4. The fourth-order valence-electron chi connectivity index (χ4n) is 3.94. The summed E-state index contributed by atoms with van der Waals surface area (Å²) >= 11 is 0. The summed E-state index contributed by atoms with van der Waals surface area (Å²) in [5.41, 5.74) is 2.04. The number of benzene rings is 2. The molecule has 2 aromatic carbocycles. The standard InChI is InChI=1S/2C15H15NO4.2ClH.Cu/c2*1-9-7-13(17)14(15(18)20-9)10(2)16-11-5-4-6-12(8-11)19-3;;;/h2*4-8,14H,1-3H3;2*1H;/q;;;;+2/p-2. The fraction of sp³-hybridized carbons (Fsp3) is 0.267. The molecule has 2 aliphatic rings. The van der Waals surface area contributed by atoms with Crippen molar-refractivity contribution in [2.24, 2.45) is 21.8 Å². The number of cyclic esters (lactones) is 2. The zero-order valence-corrected chi connectivity index (χ0v) is 26.6. The number of carbonyl (C=O) groups is 4. The smallest absolute Gasteiger partial charge is 1.00 e. The van der Waals surface area contributed by atoms with Crippen molar-refractivity contribution in [1.82, 2.24) is 0 Å². The molecule has 2 aliphatic heterocycles. The number of rotatable bonds is 6. The normalized spacial score (nSPS) is 18.1. The Morgan fingerprint density at radius 2 is 1.02 bits per heavy atom. The number of ether oxygens (including phenoxy) is 4. The molecule has 0 aliphatic carbocycles.